The fraction of sp³-hybridized carbons (Fsp3) is 0.600. The van der Waals surface area contributed by atoms with Gasteiger partial charge in [0.1, 0.15) is 0 Å². The molecule has 0 aliphatic heterocycles. The third kappa shape index (κ3) is 1.14. The van der Waals surface area contributed by atoms with E-state index in [1.165, 1.54) is 16.8 Å². The highest BCUT2D eigenvalue weighted by molar-refractivity contribution is 5.18. The first-order valence-corrected chi connectivity index (χ1v) is 5.24. The first-order valence-electron chi connectivity index (χ1n) is 5.24. The van der Waals surface area contributed by atoms with Crippen molar-refractivity contribution in [2.45, 2.75) is 30.6 Å². The van der Waals surface area contributed by atoms with Gasteiger partial charge in [-0.3, -0.25) is 14.3 Å². The molecule has 3 rings (SSSR count). The largest absolute Gasteiger partial charge is 0.390 e. The van der Waals surface area contributed by atoms with E-state index in [4.69, 9.17) is 0 Å². The number of aromatic nitrogens is 2. The molecule has 2 aliphatic carbocycles. The van der Waals surface area contributed by atoms with Gasteiger partial charge < -0.3 is 10.2 Å². The maximum absolute atomic E-state index is 11.5. The molecule has 16 heavy (non-hydrogen) atoms. The number of rotatable bonds is 1. The van der Waals surface area contributed by atoms with Crippen LogP contribution in [0, 0.1) is 5.92 Å². The van der Waals surface area contributed by atoms with E-state index in [2.05, 4.69) is 4.98 Å². The molecule has 6 heteroatoms. The van der Waals surface area contributed by atoms with E-state index in [9.17, 15) is 19.8 Å². The minimum atomic E-state index is -1.01. The third-order valence-electron chi connectivity index (χ3n) is 3.74. The second-order valence-electron chi connectivity index (χ2n) is 4.64. The van der Waals surface area contributed by atoms with Crippen molar-refractivity contribution in [1.82, 2.24) is 9.55 Å². The predicted octanol–water partition coefficient (Wildman–Crippen LogP) is -1.41. The van der Waals surface area contributed by atoms with Crippen LogP contribution in [0.15, 0.2) is 21.9 Å². The van der Waals surface area contributed by atoms with Gasteiger partial charge in [0.25, 0.3) is 5.56 Å². The molecule has 4 atom stereocenters. The first-order chi connectivity index (χ1) is 7.52. The first kappa shape index (κ1) is 9.80. The molecule has 2 fully saturated rings. The highest BCUT2D eigenvalue weighted by atomic mass is 16.4. The molecular formula is C10H12N2O4. The van der Waals surface area contributed by atoms with E-state index in [1.807, 2.05) is 0 Å². The summed E-state index contributed by atoms with van der Waals surface area (Å²) in [6.45, 7) is 0. The molecule has 1 aromatic heterocycles. The fourth-order valence-corrected chi connectivity index (χ4v) is 2.74. The number of hydrogen-bond acceptors (Lipinski definition) is 4. The Morgan fingerprint density at radius 3 is 2.75 bits per heavy atom. The van der Waals surface area contributed by atoms with Crippen LogP contribution in [0.25, 0.3) is 0 Å². The molecule has 0 saturated heterocycles. The van der Waals surface area contributed by atoms with E-state index in [0.717, 1.165) is 0 Å². The van der Waals surface area contributed by atoms with Gasteiger partial charge in [0.05, 0.1) is 11.7 Å². The van der Waals surface area contributed by atoms with Crippen LogP contribution in [0.4, 0.5) is 0 Å². The van der Waals surface area contributed by atoms with Gasteiger partial charge in [-0.25, -0.2) is 4.79 Å². The van der Waals surface area contributed by atoms with Gasteiger partial charge in [-0.2, -0.15) is 0 Å². The molecule has 0 spiro atoms. The van der Waals surface area contributed by atoms with Gasteiger partial charge in [-0.15, -0.1) is 0 Å². The lowest BCUT2D eigenvalue weighted by molar-refractivity contribution is 0.00902. The maximum atomic E-state index is 11.5. The second-order valence-corrected chi connectivity index (χ2v) is 4.64. The van der Waals surface area contributed by atoms with Crippen molar-refractivity contribution < 1.29 is 10.2 Å². The van der Waals surface area contributed by atoms with Crippen molar-refractivity contribution in [2.24, 2.45) is 5.92 Å². The van der Waals surface area contributed by atoms with Gasteiger partial charge in [-0.05, 0) is 12.8 Å². The number of fused-ring (bicyclic) bond motifs is 1. The van der Waals surface area contributed by atoms with E-state index in [-0.39, 0.29) is 12.0 Å². The van der Waals surface area contributed by atoms with Crippen molar-refractivity contribution in [2.75, 3.05) is 0 Å². The Morgan fingerprint density at radius 1 is 1.50 bits per heavy atom. The van der Waals surface area contributed by atoms with E-state index in [0.29, 0.717) is 12.8 Å². The number of aliphatic hydroxyl groups excluding tert-OH is 1. The number of nitrogens with one attached hydrogen (secondary N) is 1. The van der Waals surface area contributed by atoms with E-state index in [1.54, 1.807) is 0 Å². The molecule has 1 aromatic rings. The molecule has 0 amide bonds. The number of aliphatic hydroxyl groups is 2. The Kier molecular flexibility index (Phi) is 1.74. The van der Waals surface area contributed by atoms with Crippen LogP contribution in [0.5, 0.6) is 0 Å². The zero-order valence-corrected chi connectivity index (χ0v) is 8.46. The van der Waals surface area contributed by atoms with Crippen LogP contribution in [0.2, 0.25) is 0 Å². The monoisotopic (exact) mass is 224 g/mol. The average Bonchev–Trinajstić information content (AvgIpc) is 2.83. The summed E-state index contributed by atoms with van der Waals surface area (Å²) in [5.74, 6) is -0.0777. The Labute approximate surface area is 90.2 Å². The minimum Gasteiger partial charge on any atom is -0.390 e. The van der Waals surface area contributed by atoms with Crippen molar-refractivity contribution in [3.63, 3.8) is 0 Å². The molecule has 86 valence electrons. The highest BCUT2D eigenvalue weighted by Gasteiger charge is 2.67. The summed E-state index contributed by atoms with van der Waals surface area (Å²) in [7, 11) is 0. The van der Waals surface area contributed by atoms with Gasteiger partial charge in [0.2, 0.25) is 0 Å². The normalized spacial score (nSPS) is 40.8. The zero-order valence-electron chi connectivity index (χ0n) is 8.46. The van der Waals surface area contributed by atoms with Crippen LogP contribution in [-0.2, 0) is 0 Å². The lowest BCUT2D eigenvalue weighted by Gasteiger charge is -2.15. The summed E-state index contributed by atoms with van der Waals surface area (Å²) in [6, 6.07) is 1.05. The second kappa shape index (κ2) is 2.83. The Hall–Kier alpha value is -1.40. The Balaban J connectivity index is 2.01. The summed E-state index contributed by atoms with van der Waals surface area (Å²) in [6.07, 6.45) is 1.52. The SMILES string of the molecule is O=c1ccn([C@H]2C[C@H](O)[C@@]3(O)CC23)c(=O)[nH]1. The van der Waals surface area contributed by atoms with Crippen LogP contribution in [0.1, 0.15) is 18.9 Å². The van der Waals surface area contributed by atoms with Crippen LogP contribution in [-0.4, -0.2) is 31.5 Å². The van der Waals surface area contributed by atoms with Gasteiger partial charge in [0, 0.05) is 24.2 Å². The Morgan fingerprint density at radius 2 is 2.25 bits per heavy atom. The summed E-state index contributed by atoms with van der Waals surface area (Å²) >= 11 is 0. The number of nitrogens with zero attached hydrogens (tertiary/aromatic N) is 1. The number of H-pyrrole nitrogens is 1. The van der Waals surface area contributed by atoms with Gasteiger partial charge >= 0.3 is 5.69 Å². The van der Waals surface area contributed by atoms with Crippen molar-refractivity contribution in [3.05, 3.63) is 33.1 Å². The van der Waals surface area contributed by atoms with Crippen LogP contribution in [0.3, 0.4) is 0 Å². The quantitative estimate of drug-likeness (QED) is 0.546. The summed E-state index contributed by atoms with van der Waals surface area (Å²) < 4.78 is 1.39. The van der Waals surface area contributed by atoms with Crippen molar-refractivity contribution in [1.29, 1.82) is 0 Å². The smallest absolute Gasteiger partial charge is 0.328 e. The van der Waals surface area contributed by atoms with Crippen LogP contribution >= 0.6 is 0 Å². The molecule has 1 heterocycles. The molecular weight excluding hydrogens is 212 g/mol. The highest BCUT2D eigenvalue weighted by Crippen LogP contribution is 2.60. The summed E-state index contributed by atoms with van der Waals surface area (Å²) in [5, 5.41) is 19.5. The van der Waals surface area contributed by atoms with Crippen molar-refractivity contribution in [3.8, 4) is 0 Å². The Bertz CT molecular complexity index is 548. The average molecular weight is 224 g/mol. The van der Waals surface area contributed by atoms with Crippen LogP contribution < -0.4 is 11.2 Å². The molecule has 2 saturated carbocycles. The minimum absolute atomic E-state index is 0.0777. The topological polar surface area (TPSA) is 95.3 Å². The predicted molar refractivity (Wildman–Crippen MR) is 54.0 cm³/mol. The summed E-state index contributed by atoms with van der Waals surface area (Å²) in [5.41, 5.74) is -1.94. The lowest BCUT2D eigenvalue weighted by atomic mass is 10.1. The zero-order chi connectivity index (χ0) is 11.5. The van der Waals surface area contributed by atoms with Gasteiger partial charge in [0.15, 0.2) is 0 Å². The molecule has 0 aromatic carbocycles. The number of aromatic amines is 1. The maximum Gasteiger partial charge on any atom is 0.328 e. The van der Waals surface area contributed by atoms with Crippen molar-refractivity contribution >= 4 is 0 Å². The molecule has 0 bridgehead atoms. The lowest BCUT2D eigenvalue weighted by Crippen LogP contribution is -2.32. The molecule has 0 radical (unpaired) electrons. The van der Waals surface area contributed by atoms with Gasteiger partial charge in [-0.1, -0.05) is 0 Å². The fourth-order valence-electron chi connectivity index (χ4n) is 2.74. The number of hydrogen-bond donors (Lipinski definition) is 3. The molecule has 6 nitrogen and oxygen atoms in total. The molecule has 3 N–H and O–H groups in total. The molecule has 2 aliphatic rings. The van der Waals surface area contributed by atoms with E-state index >= 15 is 0 Å². The summed E-state index contributed by atoms with van der Waals surface area (Å²) in [4.78, 5) is 24.6. The third-order valence-corrected chi connectivity index (χ3v) is 3.74. The molecule has 1 unspecified atom stereocenters. The standard InChI is InChI=1S/C10H12N2O4/c13-7-3-6(5-4-10(5,7)16)12-2-1-8(14)11-9(12)15/h1-2,5-7,13,16H,3-4H2,(H,11,14,15)/t5?,6-,7-,10+/m0/s1. The van der Waals surface area contributed by atoms with E-state index < -0.39 is 23.0 Å².